The van der Waals surface area contributed by atoms with E-state index in [0.29, 0.717) is 28.8 Å². The average Bonchev–Trinajstić information content (AvgIpc) is 2.94. The van der Waals surface area contributed by atoms with Gasteiger partial charge < -0.3 is 4.74 Å². The lowest BCUT2D eigenvalue weighted by atomic mass is 9.94. The van der Waals surface area contributed by atoms with Crippen LogP contribution in [0.2, 0.25) is 5.02 Å². The zero-order valence-electron chi connectivity index (χ0n) is 24.4. The largest absolute Gasteiger partial charge is 0.455 e. The fourth-order valence-corrected chi connectivity index (χ4v) is 5.35. The summed E-state index contributed by atoms with van der Waals surface area (Å²) in [6.45, 7) is 10.4. The van der Waals surface area contributed by atoms with Crippen molar-refractivity contribution < 1.29 is 4.74 Å². The van der Waals surface area contributed by atoms with Crippen LogP contribution < -0.4 is 10.3 Å². The van der Waals surface area contributed by atoms with Crippen LogP contribution in [0.25, 0.3) is 5.82 Å². The van der Waals surface area contributed by atoms with Crippen molar-refractivity contribution in [2.24, 2.45) is 0 Å². The van der Waals surface area contributed by atoms with E-state index in [2.05, 4.69) is 37.9 Å². The molecule has 0 radical (unpaired) electrons. The molecule has 210 valence electrons. The van der Waals surface area contributed by atoms with Gasteiger partial charge in [0.05, 0.1) is 10.7 Å². The summed E-state index contributed by atoms with van der Waals surface area (Å²) in [6.07, 6.45) is 8.72. The van der Waals surface area contributed by atoms with Gasteiger partial charge in [0.2, 0.25) is 0 Å². The molecule has 0 saturated heterocycles. The van der Waals surface area contributed by atoms with E-state index in [9.17, 15) is 4.79 Å². The van der Waals surface area contributed by atoms with Crippen molar-refractivity contribution >= 4 is 11.6 Å². The van der Waals surface area contributed by atoms with Crippen molar-refractivity contribution in [1.82, 2.24) is 14.5 Å². The topological polar surface area (TPSA) is 57.0 Å². The van der Waals surface area contributed by atoms with Crippen LogP contribution in [0.15, 0.2) is 59.5 Å². The quantitative estimate of drug-likeness (QED) is 0.175. The lowest BCUT2D eigenvalue weighted by Gasteiger charge is -2.20. The molecule has 2 heterocycles. The SMILES string of the molecule is CCCCc1nc(C)n(-c2ccccn2)c(=O)c1Cc1cc(CCC)c(Oc2cccc(C)c2Cl)c(CCC)c1. The van der Waals surface area contributed by atoms with Crippen LogP contribution in [0.3, 0.4) is 0 Å². The van der Waals surface area contributed by atoms with Gasteiger partial charge in [0.1, 0.15) is 23.1 Å². The number of benzene rings is 2. The van der Waals surface area contributed by atoms with Gasteiger partial charge in [-0.15, -0.1) is 0 Å². The minimum Gasteiger partial charge on any atom is -0.455 e. The Hall–Kier alpha value is -3.44. The van der Waals surface area contributed by atoms with E-state index in [-0.39, 0.29) is 5.56 Å². The summed E-state index contributed by atoms with van der Waals surface area (Å²) in [5.41, 5.74) is 5.95. The number of halogens is 1. The number of unbranched alkanes of at least 4 members (excludes halogenated alkanes) is 1. The number of hydrogen-bond acceptors (Lipinski definition) is 4. The Bertz CT molecular complexity index is 1490. The second kappa shape index (κ2) is 13.8. The molecule has 0 aliphatic heterocycles. The standard InChI is InChI=1S/C34H40ClN3O2/c1-6-9-16-29-28(34(39)38(24(5)37-29)31-18-10-11-19-36-31)22-25-20-26(13-7-2)33(27(21-25)14-8-3)40-30-17-12-15-23(4)32(30)35/h10-12,15,17-21H,6-9,13-14,16,22H2,1-5H3. The maximum atomic E-state index is 14.0. The van der Waals surface area contributed by atoms with E-state index in [0.717, 1.165) is 84.2 Å². The third kappa shape index (κ3) is 6.64. The molecule has 6 heteroatoms. The molecule has 0 N–H and O–H groups in total. The van der Waals surface area contributed by atoms with Crippen LogP contribution in [0.4, 0.5) is 0 Å². The number of nitrogens with zero attached hydrogens (tertiary/aromatic N) is 3. The monoisotopic (exact) mass is 557 g/mol. The van der Waals surface area contributed by atoms with E-state index in [1.165, 1.54) is 0 Å². The van der Waals surface area contributed by atoms with Gasteiger partial charge in [-0.05, 0) is 80.0 Å². The van der Waals surface area contributed by atoms with Crippen molar-refractivity contribution in [3.8, 4) is 17.3 Å². The van der Waals surface area contributed by atoms with E-state index in [1.807, 2.05) is 50.2 Å². The number of aryl methyl sites for hydroxylation is 5. The first-order valence-electron chi connectivity index (χ1n) is 14.5. The highest BCUT2D eigenvalue weighted by Crippen LogP contribution is 2.37. The van der Waals surface area contributed by atoms with Crippen molar-refractivity contribution in [2.45, 2.75) is 86.0 Å². The van der Waals surface area contributed by atoms with Gasteiger partial charge in [-0.3, -0.25) is 4.79 Å². The molecule has 0 aliphatic rings. The second-order valence-corrected chi connectivity index (χ2v) is 10.8. The Morgan fingerprint density at radius 3 is 2.25 bits per heavy atom. The molecule has 2 aromatic carbocycles. The summed E-state index contributed by atoms with van der Waals surface area (Å²) < 4.78 is 8.18. The number of pyridine rings is 1. The third-order valence-corrected chi connectivity index (χ3v) is 7.65. The van der Waals surface area contributed by atoms with Gasteiger partial charge in [-0.1, -0.05) is 82.0 Å². The van der Waals surface area contributed by atoms with Gasteiger partial charge >= 0.3 is 0 Å². The van der Waals surface area contributed by atoms with Crippen molar-refractivity contribution in [3.05, 3.63) is 109 Å². The third-order valence-electron chi connectivity index (χ3n) is 7.17. The number of rotatable bonds is 12. The maximum absolute atomic E-state index is 14.0. The Balaban J connectivity index is 1.84. The molecular formula is C34H40ClN3O2. The van der Waals surface area contributed by atoms with Crippen LogP contribution in [0.5, 0.6) is 11.5 Å². The van der Waals surface area contributed by atoms with Gasteiger partial charge in [0, 0.05) is 18.2 Å². The van der Waals surface area contributed by atoms with Gasteiger partial charge in [-0.2, -0.15) is 0 Å². The molecule has 0 saturated carbocycles. The smallest absolute Gasteiger partial charge is 0.263 e. The first kappa shape index (κ1) is 29.5. The highest BCUT2D eigenvalue weighted by molar-refractivity contribution is 6.32. The predicted molar refractivity (Wildman–Crippen MR) is 164 cm³/mol. The fraction of sp³-hybridized carbons (Fsp3) is 0.382. The van der Waals surface area contributed by atoms with E-state index >= 15 is 0 Å². The lowest BCUT2D eigenvalue weighted by Crippen LogP contribution is -2.29. The van der Waals surface area contributed by atoms with Crippen LogP contribution in [-0.2, 0) is 25.7 Å². The van der Waals surface area contributed by atoms with Crippen LogP contribution >= 0.6 is 11.6 Å². The molecular weight excluding hydrogens is 518 g/mol. The van der Waals surface area contributed by atoms with Crippen LogP contribution in [-0.4, -0.2) is 14.5 Å². The first-order chi connectivity index (χ1) is 19.4. The summed E-state index contributed by atoms with van der Waals surface area (Å²) in [5.74, 6) is 2.82. The summed E-state index contributed by atoms with van der Waals surface area (Å²) in [7, 11) is 0. The Morgan fingerprint density at radius 1 is 0.900 bits per heavy atom. The Morgan fingerprint density at radius 2 is 1.62 bits per heavy atom. The minimum absolute atomic E-state index is 0.0433. The molecule has 0 fully saturated rings. The van der Waals surface area contributed by atoms with Crippen molar-refractivity contribution in [3.63, 3.8) is 0 Å². The first-order valence-corrected chi connectivity index (χ1v) is 14.9. The number of ether oxygens (including phenoxy) is 1. The highest BCUT2D eigenvalue weighted by Gasteiger charge is 2.20. The molecule has 0 aliphatic carbocycles. The molecule has 0 unspecified atom stereocenters. The van der Waals surface area contributed by atoms with E-state index in [1.54, 1.807) is 10.8 Å². The molecule has 40 heavy (non-hydrogen) atoms. The molecule has 0 atom stereocenters. The highest BCUT2D eigenvalue weighted by atomic mass is 35.5. The maximum Gasteiger partial charge on any atom is 0.263 e. The predicted octanol–water partition coefficient (Wildman–Crippen LogP) is 8.53. The van der Waals surface area contributed by atoms with Crippen LogP contribution in [0.1, 0.15) is 85.8 Å². The Kier molecular flexibility index (Phi) is 10.2. The summed E-state index contributed by atoms with van der Waals surface area (Å²) in [5, 5.41) is 0.637. The Labute approximate surface area is 243 Å². The van der Waals surface area contributed by atoms with Gasteiger partial charge in [0.15, 0.2) is 0 Å². The molecule has 0 spiro atoms. The number of hydrogen-bond donors (Lipinski definition) is 0. The van der Waals surface area contributed by atoms with Gasteiger partial charge in [0.25, 0.3) is 5.56 Å². The molecule has 0 bridgehead atoms. The molecule has 2 aromatic heterocycles. The normalized spacial score (nSPS) is 11.2. The molecule has 4 aromatic rings. The zero-order chi connectivity index (χ0) is 28.6. The molecule has 5 nitrogen and oxygen atoms in total. The summed E-state index contributed by atoms with van der Waals surface area (Å²) in [4.78, 5) is 23.4. The average molecular weight is 558 g/mol. The molecule has 0 amide bonds. The van der Waals surface area contributed by atoms with E-state index in [4.69, 9.17) is 21.3 Å². The minimum atomic E-state index is -0.0433. The van der Waals surface area contributed by atoms with E-state index < -0.39 is 0 Å². The summed E-state index contributed by atoms with van der Waals surface area (Å²) >= 11 is 6.62. The van der Waals surface area contributed by atoms with Gasteiger partial charge in [-0.25, -0.2) is 14.5 Å². The zero-order valence-corrected chi connectivity index (χ0v) is 25.1. The molecule has 4 rings (SSSR count). The van der Waals surface area contributed by atoms with Crippen molar-refractivity contribution in [2.75, 3.05) is 0 Å². The fourth-order valence-electron chi connectivity index (χ4n) is 5.19. The van der Waals surface area contributed by atoms with Crippen molar-refractivity contribution in [1.29, 1.82) is 0 Å². The number of aromatic nitrogens is 3. The van der Waals surface area contributed by atoms with Crippen LogP contribution in [0, 0.1) is 13.8 Å². The second-order valence-electron chi connectivity index (χ2n) is 10.4. The summed E-state index contributed by atoms with van der Waals surface area (Å²) in [6, 6.07) is 15.9. The lowest BCUT2D eigenvalue weighted by molar-refractivity contribution is 0.468.